The molecule has 0 saturated heterocycles. The van der Waals surface area contributed by atoms with Gasteiger partial charge in [-0.1, -0.05) is 6.42 Å². The topological polar surface area (TPSA) is 55.1 Å². The van der Waals surface area contributed by atoms with Crippen LogP contribution < -0.4 is 11.1 Å². The summed E-state index contributed by atoms with van der Waals surface area (Å²) >= 11 is 0. The van der Waals surface area contributed by atoms with Crippen LogP contribution in [0.2, 0.25) is 0 Å². The van der Waals surface area contributed by atoms with Gasteiger partial charge in [0.1, 0.15) is 0 Å². The second-order valence-electron chi connectivity index (χ2n) is 4.96. The van der Waals surface area contributed by atoms with Gasteiger partial charge in [0.15, 0.2) is 0 Å². The molecule has 0 radical (unpaired) electrons. The Morgan fingerprint density at radius 2 is 2.07 bits per heavy atom. The second-order valence-corrected chi connectivity index (χ2v) is 4.96. The van der Waals surface area contributed by atoms with Crippen molar-refractivity contribution >= 4 is 5.91 Å². The van der Waals surface area contributed by atoms with Crippen LogP contribution in [0.4, 0.5) is 0 Å². The predicted molar refractivity (Wildman–Crippen MR) is 55.7 cm³/mol. The largest absolute Gasteiger partial charge is 0.352 e. The average molecular weight is 196 g/mol. The van der Waals surface area contributed by atoms with Gasteiger partial charge >= 0.3 is 0 Å². The molecule has 0 spiro atoms. The lowest BCUT2D eigenvalue weighted by atomic mass is 9.76. The molecular weight excluding hydrogens is 176 g/mol. The van der Waals surface area contributed by atoms with Gasteiger partial charge in [-0.05, 0) is 44.9 Å². The van der Waals surface area contributed by atoms with E-state index in [1.807, 2.05) is 0 Å². The highest BCUT2D eigenvalue weighted by molar-refractivity contribution is 5.87. The summed E-state index contributed by atoms with van der Waals surface area (Å²) in [4.78, 5) is 11.8. The molecule has 2 aliphatic carbocycles. The Balaban J connectivity index is 1.81. The van der Waals surface area contributed by atoms with E-state index in [0.717, 1.165) is 19.3 Å². The highest BCUT2D eigenvalue weighted by atomic mass is 16.2. The third-order valence-electron chi connectivity index (χ3n) is 3.91. The van der Waals surface area contributed by atoms with E-state index in [9.17, 15) is 4.79 Å². The zero-order valence-electron chi connectivity index (χ0n) is 8.88. The number of hydrogen-bond donors (Lipinski definition) is 2. The number of rotatable bonds is 3. The smallest absolute Gasteiger partial charge is 0.240 e. The van der Waals surface area contributed by atoms with Gasteiger partial charge in [-0.25, -0.2) is 0 Å². The van der Waals surface area contributed by atoms with Crippen molar-refractivity contribution in [3.05, 3.63) is 0 Å². The third kappa shape index (κ3) is 1.65. The van der Waals surface area contributed by atoms with Crippen molar-refractivity contribution < 1.29 is 4.79 Å². The molecule has 0 bridgehead atoms. The molecule has 1 atom stereocenters. The summed E-state index contributed by atoms with van der Waals surface area (Å²) in [7, 11) is 0. The first-order chi connectivity index (χ1) is 6.62. The molecule has 3 heteroatoms. The minimum absolute atomic E-state index is 0.0724. The number of nitrogens with one attached hydrogen (secondary N) is 1. The molecule has 0 aromatic rings. The van der Waals surface area contributed by atoms with E-state index in [2.05, 4.69) is 12.2 Å². The summed E-state index contributed by atoms with van der Waals surface area (Å²) in [5.41, 5.74) is 5.41. The van der Waals surface area contributed by atoms with Crippen molar-refractivity contribution in [2.24, 2.45) is 11.7 Å². The van der Waals surface area contributed by atoms with E-state index in [-0.39, 0.29) is 5.91 Å². The lowest BCUT2D eigenvalue weighted by Gasteiger charge is -2.39. The van der Waals surface area contributed by atoms with Crippen LogP contribution in [0.1, 0.15) is 45.4 Å². The summed E-state index contributed by atoms with van der Waals surface area (Å²) in [6, 6.07) is 0.317. The summed E-state index contributed by atoms with van der Waals surface area (Å²) < 4.78 is 0. The zero-order chi connectivity index (χ0) is 10.2. The molecule has 1 unspecified atom stereocenters. The first-order valence-corrected chi connectivity index (χ1v) is 5.72. The van der Waals surface area contributed by atoms with Crippen molar-refractivity contribution in [1.82, 2.24) is 5.32 Å². The molecule has 80 valence electrons. The quantitative estimate of drug-likeness (QED) is 0.712. The van der Waals surface area contributed by atoms with Crippen molar-refractivity contribution in [1.29, 1.82) is 0 Å². The van der Waals surface area contributed by atoms with Crippen LogP contribution in [0.25, 0.3) is 0 Å². The van der Waals surface area contributed by atoms with Crippen LogP contribution in [0, 0.1) is 5.92 Å². The summed E-state index contributed by atoms with van der Waals surface area (Å²) in [5, 5.41) is 3.06. The van der Waals surface area contributed by atoms with Crippen LogP contribution in [-0.4, -0.2) is 17.5 Å². The van der Waals surface area contributed by atoms with Gasteiger partial charge in [-0.3, -0.25) is 4.79 Å². The molecule has 3 nitrogen and oxygen atoms in total. The van der Waals surface area contributed by atoms with Gasteiger partial charge in [-0.15, -0.1) is 0 Å². The molecule has 3 N–H and O–H groups in total. The molecule has 14 heavy (non-hydrogen) atoms. The minimum atomic E-state index is -0.530. The Labute approximate surface area is 85.4 Å². The molecule has 0 aliphatic heterocycles. The Hall–Kier alpha value is -0.570. The summed E-state index contributed by atoms with van der Waals surface area (Å²) in [6.07, 6.45) is 6.66. The third-order valence-corrected chi connectivity index (χ3v) is 3.91. The summed E-state index contributed by atoms with van der Waals surface area (Å²) in [6.45, 7) is 2.10. The van der Waals surface area contributed by atoms with Crippen LogP contribution >= 0.6 is 0 Å². The maximum atomic E-state index is 11.8. The average Bonchev–Trinajstić information content (AvgIpc) is 1.96. The highest BCUT2D eigenvalue weighted by Gasteiger charge is 2.41. The van der Waals surface area contributed by atoms with Crippen LogP contribution in [-0.2, 0) is 4.79 Å². The Kier molecular flexibility index (Phi) is 2.52. The van der Waals surface area contributed by atoms with Crippen LogP contribution in [0.5, 0.6) is 0 Å². The lowest BCUT2D eigenvalue weighted by molar-refractivity contribution is -0.130. The SMILES string of the molecule is CC(NC(=O)C1(N)CCC1)C1CCC1. The van der Waals surface area contributed by atoms with E-state index in [4.69, 9.17) is 5.73 Å². The first-order valence-electron chi connectivity index (χ1n) is 5.72. The maximum Gasteiger partial charge on any atom is 0.240 e. The van der Waals surface area contributed by atoms with Crippen molar-refractivity contribution in [2.75, 3.05) is 0 Å². The van der Waals surface area contributed by atoms with Gasteiger partial charge in [0.05, 0.1) is 5.54 Å². The van der Waals surface area contributed by atoms with E-state index >= 15 is 0 Å². The fraction of sp³-hybridized carbons (Fsp3) is 0.909. The molecule has 0 heterocycles. The molecule has 0 aromatic heterocycles. The number of carbonyl (C=O) groups excluding carboxylic acids is 1. The molecular formula is C11H20N2O. The zero-order valence-corrected chi connectivity index (χ0v) is 8.88. The number of nitrogens with two attached hydrogens (primary N) is 1. The fourth-order valence-corrected chi connectivity index (χ4v) is 2.19. The number of hydrogen-bond acceptors (Lipinski definition) is 2. The molecule has 2 saturated carbocycles. The molecule has 1 amide bonds. The van der Waals surface area contributed by atoms with E-state index in [1.54, 1.807) is 0 Å². The molecule has 2 fully saturated rings. The minimum Gasteiger partial charge on any atom is -0.352 e. The monoisotopic (exact) mass is 196 g/mol. The standard InChI is InChI=1S/C11H20N2O/c1-8(9-4-2-5-9)13-10(14)11(12)6-3-7-11/h8-9H,2-7,12H2,1H3,(H,13,14). The Morgan fingerprint density at radius 3 is 2.43 bits per heavy atom. The van der Waals surface area contributed by atoms with Crippen LogP contribution in [0.15, 0.2) is 0 Å². The van der Waals surface area contributed by atoms with Gasteiger partial charge < -0.3 is 11.1 Å². The molecule has 0 aromatic carbocycles. The lowest BCUT2D eigenvalue weighted by Crippen LogP contribution is -2.60. The Morgan fingerprint density at radius 1 is 1.43 bits per heavy atom. The van der Waals surface area contributed by atoms with Gasteiger partial charge in [-0.2, -0.15) is 0 Å². The number of amides is 1. The molecule has 2 aliphatic rings. The second kappa shape index (κ2) is 3.54. The normalized spacial score (nSPS) is 27.3. The predicted octanol–water partition coefficient (Wildman–Crippen LogP) is 1.17. The van der Waals surface area contributed by atoms with Crippen molar-refractivity contribution in [3.63, 3.8) is 0 Å². The maximum absolute atomic E-state index is 11.8. The highest BCUT2D eigenvalue weighted by Crippen LogP contribution is 2.32. The first kappa shape index (κ1) is 9.97. The van der Waals surface area contributed by atoms with Crippen molar-refractivity contribution in [3.8, 4) is 0 Å². The van der Waals surface area contributed by atoms with E-state index < -0.39 is 5.54 Å². The van der Waals surface area contributed by atoms with Crippen LogP contribution in [0.3, 0.4) is 0 Å². The van der Waals surface area contributed by atoms with E-state index in [1.165, 1.54) is 19.3 Å². The van der Waals surface area contributed by atoms with Gasteiger partial charge in [0.25, 0.3) is 0 Å². The number of carbonyl (C=O) groups is 1. The van der Waals surface area contributed by atoms with Crippen molar-refractivity contribution in [2.45, 2.75) is 57.0 Å². The van der Waals surface area contributed by atoms with Gasteiger partial charge in [0, 0.05) is 6.04 Å². The summed E-state index contributed by atoms with van der Waals surface area (Å²) in [5.74, 6) is 0.769. The Bertz CT molecular complexity index is 231. The van der Waals surface area contributed by atoms with Gasteiger partial charge in [0.2, 0.25) is 5.91 Å². The van der Waals surface area contributed by atoms with E-state index in [0.29, 0.717) is 12.0 Å². The molecule has 2 rings (SSSR count). The fourth-order valence-electron chi connectivity index (χ4n) is 2.19.